The predicted molar refractivity (Wildman–Crippen MR) is 71.5 cm³/mol. The van der Waals surface area contributed by atoms with Crippen molar-refractivity contribution in [1.82, 2.24) is 4.90 Å². The molecular formula is C15H21FN2. The van der Waals surface area contributed by atoms with E-state index >= 15 is 0 Å². The quantitative estimate of drug-likeness (QED) is 0.784. The highest BCUT2D eigenvalue weighted by atomic mass is 19.1. The van der Waals surface area contributed by atoms with Gasteiger partial charge in [0, 0.05) is 19.6 Å². The number of hydrogen-bond donors (Lipinski definition) is 1. The standard InChI is InChI=1S/C15H21FN2/c16-14-7-13(5-6-15(14)17)10-18(8-11-1-2-11)9-12-3-4-12/h5-7,11-12H,1-4,8-10,17H2. The summed E-state index contributed by atoms with van der Waals surface area (Å²) in [5, 5.41) is 0. The van der Waals surface area contributed by atoms with Crippen molar-refractivity contribution in [3.8, 4) is 0 Å². The van der Waals surface area contributed by atoms with Crippen LogP contribution in [0.15, 0.2) is 18.2 Å². The molecule has 0 amide bonds. The van der Waals surface area contributed by atoms with Crippen LogP contribution in [-0.4, -0.2) is 18.0 Å². The topological polar surface area (TPSA) is 29.3 Å². The van der Waals surface area contributed by atoms with E-state index in [0.717, 1.165) is 23.9 Å². The summed E-state index contributed by atoms with van der Waals surface area (Å²) in [4.78, 5) is 2.50. The zero-order chi connectivity index (χ0) is 12.5. The molecule has 18 heavy (non-hydrogen) atoms. The molecule has 0 aliphatic heterocycles. The summed E-state index contributed by atoms with van der Waals surface area (Å²) in [6, 6.07) is 5.21. The molecule has 3 heteroatoms. The second kappa shape index (κ2) is 4.88. The van der Waals surface area contributed by atoms with Crippen molar-refractivity contribution in [2.45, 2.75) is 32.2 Å². The fraction of sp³-hybridized carbons (Fsp3) is 0.600. The maximum absolute atomic E-state index is 13.4. The molecule has 0 heterocycles. The van der Waals surface area contributed by atoms with E-state index < -0.39 is 0 Å². The van der Waals surface area contributed by atoms with Crippen LogP contribution in [0.2, 0.25) is 0 Å². The van der Waals surface area contributed by atoms with E-state index in [1.807, 2.05) is 6.07 Å². The van der Waals surface area contributed by atoms with E-state index in [4.69, 9.17) is 5.73 Å². The SMILES string of the molecule is Nc1ccc(CN(CC2CC2)CC2CC2)cc1F. The summed E-state index contributed by atoms with van der Waals surface area (Å²) >= 11 is 0. The Morgan fingerprint density at radius 3 is 2.22 bits per heavy atom. The van der Waals surface area contributed by atoms with Gasteiger partial charge in [0.15, 0.2) is 0 Å². The Morgan fingerprint density at radius 1 is 1.11 bits per heavy atom. The molecule has 0 bridgehead atoms. The van der Waals surface area contributed by atoms with Crippen LogP contribution in [0.5, 0.6) is 0 Å². The first-order valence-electron chi connectivity index (χ1n) is 6.97. The molecule has 0 aromatic heterocycles. The van der Waals surface area contributed by atoms with Crippen LogP contribution in [0.25, 0.3) is 0 Å². The number of benzene rings is 1. The van der Waals surface area contributed by atoms with Gasteiger partial charge in [0.05, 0.1) is 5.69 Å². The molecule has 2 N–H and O–H groups in total. The zero-order valence-corrected chi connectivity index (χ0v) is 10.7. The third-order valence-electron chi connectivity index (χ3n) is 3.90. The van der Waals surface area contributed by atoms with Crippen LogP contribution in [-0.2, 0) is 6.54 Å². The highest BCUT2D eigenvalue weighted by Crippen LogP contribution is 2.34. The molecule has 2 aliphatic rings. The van der Waals surface area contributed by atoms with E-state index in [9.17, 15) is 4.39 Å². The first-order chi connectivity index (χ1) is 8.70. The monoisotopic (exact) mass is 248 g/mol. The minimum absolute atomic E-state index is 0.245. The van der Waals surface area contributed by atoms with Crippen LogP contribution in [0.4, 0.5) is 10.1 Å². The molecule has 0 atom stereocenters. The maximum Gasteiger partial charge on any atom is 0.146 e. The van der Waals surface area contributed by atoms with Gasteiger partial charge >= 0.3 is 0 Å². The maximum atomic E-state index is 13.4. The van der Waals surface area contributed by atoms with Crippen LogP contribution < -0.4 is 5.73 Å². The zero-order valence-electron chi connectivity index (χ0n) is 10.7. The Labute approximate surface area is 108 Å². The minimum atomic E-state index is -0.287. The van der Waals surface area contributed by atoms with E-state index in [2.05, 4.69) is 4.90 Å². The van der Waals surface area contributed by atoms with Gasteiger partial charge in [-0.2, -0.15) is 0 Å². The fourth-order valence-electron chi connectivity index (χ4n) is 2.46. The van der Waals surface area contributed by atoms with Gasteiger partial charge in [-0.1, -0.05) is 6.07 Å². The van der Waals surface area contributed by atoms with Crippen molar-refractivity contribution < 1.29 is 4.39 Å². The molecule has 3 rings (SSSR count). The molecule has 0 radical (unpaired) electrons. The summed E-state index contributed by atoms with van der Waals surface area (Å²) < 4.78 is 13.4. The molecular weight excluding hydrogens is 227 g/mol. The van der Waals surface area contributed by atoms with E-state index in [-0.39, 0.29) is 11.5 Å². The van der Waals surface area contributed by atoms with Crippen molar-refractivity contribution >= 4 is 5.69 Å². The number of hydrogen-bond acceptors (Lipinski definition) is 2. The first-order valence-corrected chi connectivity index (χ1v) is 6.97. The number of nitrogen functional groups attached to an aromatic ring is 1. The highest BCUT2D eigenvalue weighted by Gasteiger charge is 2.29. The van der Waals surface area contributed by atoms with Crippen molar-refractivity contribution in [1.29, 1.82) is 0 Å². The third kappa shape index (κ3) is 3.22. The molecule has 2 nitrogen and oxygen atoms in total. The smallest absolute Gasteiger partial charge is 0.146 e. The average molecular weight is 248 g/mol. The van der Waals surface area contributed by atoms with E-state index in [1.165, 1.54) is 38.8 Å². The largest absolute Gasteiger partial charge is 0.396 e. The predicted octanol–water partition coefficient (Wildman–Crippen LogP) is 3.03. The summed E-state index contributed by atoms with van der Waals surface area (Å²) in [5.74, 6) is 1.50. The molecule has 0 saturated heterocycles. The Bertz CT molecular complexity index is 411. The summed E-state index contributed by atoms with van der Waals surface area (Å²) in [6.45, 7) is 3.23. The highest BCUT2D eigenvalue weighted by molar-refractivity contribution is 5.41. The lowest BCUT2D eigenvalue weighted by atomic mass is 10.1. The van der Waals surface area contributed by atoms with Crippen molar-refractivity contribution in [2.75, 3.05) is 18.8 Å². The Hall–Kier alpha value is -1.09. The molecule has 0 unspecified atom stereocenters. The number of halogens is 1. The number of rotatable bonds is 6. The molecule has 98 valence electrons. The first kappa shape index (κ1) is 12.0. The van der Waals surface area contributed by atoms with E-state index in [0.29, 0.717) is 0 Å². The Balaban J connectivity index is 1.63. The fourth-order valence-corrected chi connectivity index (χ4v) is 2.46. The van der Waals surface area contributed by atoms with Gasteiger partial charge in [0.25, 0.3) is 0 Å². The Morgan fingerprint density at radius 2 is 1.72 bits per heavy atom. The summed E-state index contributed by atoms with van der Waals surface area (Å²) in [5.41, 5.74) is 6.80. The average Bonchev–Trinajstić information content (AvgIpc) is 3.19. The van der Waals surface area contributed by atoms with Gasteiger partial charge in [0.1, 0.15) is 5.82 Å². The molecule has 2 fully saturated rings. The molecule has 2 aliphatic carbocycles. The van der Waals surface area contributed by atoms with Crippen LogP contribution in [0.1, 0.15) is 31.2 Å². The minimum Gasteiger partial charge on any atom is -0.396 e. The van der Waals surface area contributed by atoms with Crippen molar-refractivity contribution in [3.63, 3.8) is 0 Å². The van der Waals surface area contributed by atoms with Gasteiger partial charge in [-0.05, 0) is 55.2 Å². The molecule has 2 saturated carbocycles. The lowest BCUT2D eigenvalue weighted by Gasteiger charge is -2.22. The summed E-state index contributed by atoms with van der Waals surface area (Å²) in [7, 11) is 0. The lowest BCUT2D eigenvalue weighted by Crippen LogP contribution is -2.27. The third-order valence-corrected chi connectivity index (χ3v) is 3.90. The van der Waals surface area contributed by atoms with Gasteiger partial charge in [0.2, 0.25) is 0 Å². The van der Waals surface area contributed by atoms with E-state index in [1.54, 1.807) is 12.1 Å². The molecule has 1 aromatic carbocycles. The van der Waals surface area contributed by atoms with Gasteiger partial charge in [-0.25, -0.2) is 4.39 Å². The molecule has 0 spiro atoms. The normalized spacial score (nSPS) is 19.4. The van der Waals surface area contributed by atoms with Gasteiger partial charge < -0.3 is 5.73 Å². The van der Waals surface area contributed by atoms with Crippen molar-refractivity contribution in [2.24, 2.45) is 11.8 Å². The van der Waals surface area contributed by atoms with Crippen LogP contribution in [0.3, 0.4) is 0 Å². The lowest BCUT2D eigenvalue weighted by molar-refractivity contribution is 0.244. The second-order valence-corrected chi connectivity index (χ2v) is 5.94. The number of anilines is 1. The summed E-state index contributed by atoms with van der Waals surface area (Å²) in [6.07, 6.45) is 5.49. The van der Waals surface area contributed by atoms with Crippen LogP contribution in [0, 0.1) is 17.7 Å². The molecule has 1 aromatic rings. The Kier molecular flexibility index (Phi) is 3.25. The second-order valence-electron chi connectivity index (χ2n) is 5.94. The number of nitrogens with two attached hydrogens (primary N) is 1. The number of nitrogens with zero attached hydrogens (tertiary/aromatic N) is 1. The van der Waals surface area contributed by atoms with Crippen molar-refractivity contribution in [3.05, 3.63) is 29.6 Å². The van der Waals surface area contributed by atoms with Crippen LogP contribution >= 0.6 is 0 Å². The van der Waals surface area contributed by atoms with Gasteiger partial charge in [-0.3, -0.25) is 4.90 Å². The van der Waals surface area contributed by atoms with Gasteiger partial charge in [-0.15, -0.1) is 0 Å².